The minimum Gasteiger partial charge on any atom is -0.389 e. The van der Waals surface area contributed by atoms with Crippen molar-refractivity contribution >= 4 is 0 Å². The van der Waals surface area contributed by atoms with E-state index in [9.17, 15) is 0 Å². The number of aliphatic hydroxyl groups is 1. The molecule has 0 amide bonds. The second-order valence-electron chi connectivity index (χ2n) is 1.09. The van der Waals surface area contributed by atoms with Crippen molar-refractivity contribution in [2.75, 3.05) is 0 Å². The van der Waals surface area contributed by atoms with E-state index in [1.165, 1.54) is 6.08 Å². The smallest absolute Gasteiger partial charge is 0.0718 e. The molecule has 0 aliphatic heterocycles. The predicted molar refractivity (Wildman–Crippen MR) is 26.2 cm³/mol. The molecule has 0 spiro atoms. The fourth-order valence-corrected chi connectivity index (χ4v) is 0.118. The average molecular weight is 85.1 g/mol. The van der Waals surface area contributed by atoms with Gasteiger partial charge in [0.2, 0.25) is 0 Å². The monoisotopic (exact) mass is 85.1 g/mol. The first-order valence-corrected chi connectivity index (χ1v) is 1.91. The molecular weight excluding hydrogens is 76.1 g/mol. The van der Waals surface area contributed by atoms with E-state index in [-0.39, 0.29) is 0 Å². The topological polar surface area (TPSA) is 20.2 Å². The van der Waals surface area contributed by atoms with Gasteiger partial charge in [0, 0.05) is 0 Å². The summed E-state index contributed by atoms with van der Waals surface area (Å²) in [4.78, 5) is 0. The Morgan fingerprint density at radius 2 is 2.33 bits per heavy atom. The molecule has 0 fully saturated rings. The zero-order chi connectivity index (χ0) is 4.99. The lowest BCUT2D eigenvalue weighted by Crippen LogP contribution is -1.96. The molecule has 0 aliphatic rings. The second kappa shape index (κ2) is 2.91. The van der Waals surface area contributed by atoms with Crippen molar-refractivity contribution in [3.05, 3.63) is 19.6 Å². The van der Waals surface area contributed by atoms with E-state index in [0.29, 0.717) is 6.42 Å². The third-order valence-corrected chi connectivity index (χ3v) is 0.568. The lowest BCUT2D eigenvalue weighted by molar-refractivity contribution is 0.226. The Morgan fingerprint density at radius 3 is 2.33 bits per heavy atom. The zero-order valence-corrected chi connectivity index (χ0v) is 3.72. The van der Waals surface area contributed by atoms with Crippen LogP contribution in [0.15, 0.2) is 12.7 Å². The molecule has 0 rings (SSSR count). The van der Waals surface area contributed by atoms with Gasteiger partial charge in [0.25, 0.3) is 0 Å². The van der Waals surface area contributed by atoms with Crippen LogP contribution in [0.5, 0.6) is 0 Å². The van der Waals surface area contributed by atoms with Crippen LogP contribution in [-0.4, -0.2) is 11.2 Å². The van der Waals surface area contributed by atoms with Crippen LogP contribution in [0, 0.1) is 6.92 Å². The van der Waals surface area contributed by atoms with Crippen LogP contribution in [0.25, 0.3) is 0 Å². The Balaban J connectivity index is 2.96. The number of aliphatic hydroxyl groups excluding tert-OH is 1. The van der Waals surface area contributed by atoms with Crippen LogP contribution in [0.2, 0.25) is 0 Å². The molecule has 0 aromatic heterocycles. The van der Waals surface area contributed by atoms with Gasteiger partial charge in [-0.3, -0.25) is 0 Å². The van der Waals surface area contributed by atoms with Gasteiger partial charge in [-0.25, -0.2) is 0 Å². The highest BCUT2D eigenvalue weighted by atomic mass is 16.3. The van der Waals surface area contributed by atoms with Crippen molar-refractivity contribution < 1.29 is 5.11 Å². The van der Waals surface area contributed by atoms with Gasteiger partial charge in [0.05, 0.1) is 6.10 Å². The first kappa shape index (κ1) is 5.70. The second-order valence-corrected chi connectivity index (χ2v) is 1.09. The third-order valence-electron chi connectivity index (χ3n) is 0.568. The molecule has 0 saturated heterocycles. The van der Waals surface area contributed by atoms with Crippen molar-refractivity contribution in [2.45, 2.75) is 12.5 Å². The molecule has 1 N–H and O–H groups in total. The summed E-state index contributed by atoms with van der Waals surface area (Å²) in [6.45, 7) is 6.78. The van der Waals surface area contributed by atoms with Crippen molar-refractivity contribution in [2.24, 2.45) is 0 Å². The molecule has 0 bridgehead atoms. The molecule has 0 aromatic rings. The molecule has 1 heteroatoms. The van der Waals surface area contributed by atoms with Gasteiger partial charge in [-0.1, -0.05) is 13.0 Å². The Labute approximate surface area is 38.3 Å². The maximum atomic E-state index is 8.49. The Bertz CT molecular complexity index is 41.2. The van der Waals surface area contributed by atoms with Crippen LogP contribution in [0.1, 0.15) is 6.42 Å². The Kier molecular flexibility index (Phi) is 2.77. The fourth-order valence-electron chi connectivity index (χ4n) is 0.118. The zero-order valence-electron chi connectivity index (χ0n) is 3.72. The minimum absolute atomic E-state index is 0.412. The summed E-state index contributed by atoms with van der Waals surface area (Å²) in [6.07, 6.45) is 1.57. The van der Waals surface area contributed by atoms with Gasteiger partial charge >= 0.3 is 0 Å². The molecule has 1 atom stereocenters. The SMILES string of the molecule is [CH2]C[C@H](O)C=C. The normalized spacial score (nSPS) is 13.7. The van der Waals surface area contributed by atoms with Crippen LogP contribution in [-0.2, 0) is 0 Å². The lowest BCUT2D eigenvalue weighted by atomic mass is 10.3. The molecule has 6 heavy (non-hydrogen) atoms. The highest BCUT2D eigenvalue weighted by Crippen LogP contribution is 1.85. The van der Waals surface area contributed by atoms with E-state index in [0.717, 1.165) is 0 Å². The van der Waals surface area contributed by atoms with E-state index < -0.39 is 6.10 Å². The summed E-state index contributed by atoms with van der Waals surface area (Å²) >= 11 is 0. The van der Waals surface area contributed by atoms with Gasteiger partial charge in [0.1, 0.15) is 0 Å². The summed E-state index contributed by atoms with van der Waals surface area (Å²) in [5.41, 5.74) is 0. The molecule has 0 saturated carbocycles. The quantitative estimate of drug-likeness (QED) is 0.491. The van der Waals surface area contributed by atoms with Crippen molar-refractivity contribution in [1.29, 1.82) is 0 Å². The molecule has 35 valence electrons. The van der Waals surface area contributed by atoms with Gasteiger partial charge in [-0.2, -0.15) is 0 Å². The maximum absolute atomic E-state index is 8.49. The summed E-state index contributed by atoms with van der Waals surface area (Å²) in [6, 6.07) is 0. The Morgan fingerprint density at radius 1 is 1.83 bits per heavy atom. The van der Waals surface area contributed by atoms with E-state index in [2.05, 4.69) is 13.5 Å². The highest BCUT2D eigenvalue weighted by Gasteiger charge is 1.86. The van der Waals surface area contributed by atoms with Gasteiger partial charge in [0.15, 0.2) is 0 Å². The largest absolute Gasteiger partial charge is 0.389 e. The van der Waals surface area contributed by atoms with Crippen molar-refractivity contribution in [3.8, 4) is 0 Å². The summed E-state index contributed by atoms with van der Waals surface area (Å²) in [5.74, 6) is 0. The van der Waals surface area contributed by atoms with Gasteiger partial charge in [-0.05, 0) is 6.42 Å². The van der Waals surface area contributed by atoms with Crippen LogP contribution in [0.4, 0.5) is 0 Å². The van der Waals surface area contributed by atoms with Crippen LogP contribution in [0.3, 0.4) is 0 Å². The molecule has 0 unspecified atom stereocenters. The molecular formula is C5H9O. The molecule has 1 nitrogen and oxygen atoms in total. The first-order chi connectivity index (χ1) is 2.81. The molecule has 0 aliphatic carbocycles. The van der Waals surface area contributed by atoms with E-state index in [4.69, 9.17) is 5.11 Å². The predicted octanol–water partition coefficient (Wildman–Crippen LogP) is 0.757. The third kappa shape index (κ3) is 1.97. The first-order valence-electron chi connectivity index (χ1n) is 1.91. The van der Waals surface area contributed by atoms with Crippen LogP contribution >= 0.6 is 0 Å². The summed E-state index contributed by atoms with van der Waals surface area (Å²) in [7, 11) is 0. The summed E-state index contributed by atoms with van der Waals surface area (Å²) in [5, 5.41) is 8.49. The van der Waals surface area contributed by atoms with Crippen molar-refractivity contribution in [3.63, 3.8) is 0 Å². The standard InChI is InChI=1S/C5H9O/c1-3-5(6)4-2/h3,5-6H,1-2,4H2/t5-/m1/s1. The molecule has 0 aromatic carbocycles. The van der Waals surface area contributed by atoms with Gasteiger partial charge < -0.3 is 5.11 Å². The van der Waals surface area contributed by atoms with Crippen LogP contribution < -0.4 is 0 Å². The maximum Gasteiger partial charge on any atom is 0.0718 e. The van der Waals surface area contributed by atoms with Gasteiger partial charge in [-0.15, -0.1) is 6.58 Å². The highest BCUT2D eigenvalue weighted by molar-refractivity contribution is 4.77. The minimum atomic E-state index is -0.412. The fraction of sp³-hybridized carbons (Fsp3) is 0.400. The van der Waals surface area contributed by atoms with E-state index >= 15 is 0 Å². The van der Waals surface area contributed by atoms with Crippen molar-refractivity contribution in [1.82, 2.24) is 0 Å². The number of hydrogen-bond acceptors (Lipinski definition) is 1. The Hall–Kier alpha value is -0.300. The number of rotatable bonds is 2. The molecule has 1 radical (unpaired) electrons. The molecule has 0 heterocycles. The van der Waals surface area contributed by atoms with E-state index in [1.807, 2.05) is 0 Å². The number of hydrogen-bond donors (Lipinski definition) is 1. The van der Waals surface area contributed by atoms with E-state index in [1.54, 1.807) is 0 Å². The lowest BCUT2D eigenvalue weighted by Gasteiger charge is -1.93. The average Bonchev–Trinajstić information content (AvgIpc) is 1.65. The summed E-state index contributed by atoms with van der Waals surface area (Å²) < 4.78 is 0.